The van der Waals surface area contributed by atoms with Crippen LogP contribution in [0.15, 0.2) is 6.07 Å². The number of hydrogen-bond acceptors (Lipinski definition) is 4. The van der Waals surface area contributed by atoms with Crippen molar-refractivity contribution in [2.45, 2.75) is 32.7 Å². The van der Waals surface area contributed by atoms with E-state index in [0.29, 0.717) is 21.9 Å². The average Bonchev–Trinajstić information content (AvgIpc) is 2.95. The van der Waals surface area contributed by atoms with E-state index in [1.807, 2.05) is 29.5 Å². The van der Waals surface area contributed by atoms with Gasteiger partial charge < -0.3 is 15.2 Å². The fourth-order valence-corrected chi connectivity index (χ4v) is 3.80. The van der Waals surface area contributed by atoms with Crippen molar-refractivity contribution < 1.29 is 14.6 Å². The minimum Gasteiger partial charge on any atom is -0.506 e. The highest BCUT2D eigenvalue weighted by molar-refractivity contribution is 14.1. The van der Waals surface area contributed by atoms with Crippen LogP contribution in [0.1, 0.15) is 35.7 Å². The van der Waals surface area contributed by atoms with Crippen LogP contribution >= 0.6 is 22.6 Å². The number of nitrogens with one attached hydrogen (secondary N) is 1. The molecule has 1 aliphatic rings. The number of phenols is 1. The van der Waals surface area contributed by atoms with E-state index in [9.17, 15) is 9.90 Å². The molecule has 0 aliphatic carbocycles. The molecular weight excluding hydrogens is 395 g/mol. The summed E-state index contributed by atoms with van der Waals surface area (Å²) in [5.74, 6) is 0.146. The van der Waals surface area contributed by atoms with Crippen LogP contribution in [0.3, 0.4) is 0 Å². The van der Waals surface area contributed by atoms with Gasteiger partial charge in [-0.2, -0.15) is 0 Å². The van der Waals surface area contributed by atoms with Gasteiger partial charge in [0.05, 0.1) is 10.7 Å². The van der Waals surface area contributed by atoms with Crippen molar-refractivity contribution in [2.75, 3.05) is 26.7 Å². The van der Waals surface area contributed by atoms with Gasteiger partial charge in [-0.15, -0.1) is 0 Å². The van der Waals surface area contributed by atoms with Gasteiger partial charge in [0.25, 0.3) is 5.91 Å². The second kappa shape index (κ2) is 7.50. The first kappa shape index (κ1) is 17.3. The maximum Gasteiger partial charge on any atom is 0.258 e. The van der Waals surface area contributed by atoms with Crippen molar-refractivity contribution in [1.82, 2.24) is 10.2 Å². The molecule has 0 bridgehead atoms. The first-order valence-electron chi connectivity index (χ1n) is 7.57. The summed E-state index contributed by atoms with van der Waals surface area (Å²) in [6, 6.07) is 2.19. The maximum atomic E-state index is 12.5. The molecule has 1 fully saturated rings. The number of nitrogens with zero attached hydrogens (tertiary/aromatic N) is 1. The topological polar surface area (TPSA) is 61.8 Å². The molecule has 0 radical (unpaired) electrons. The number of aryl methyl sites for hydroxylation is 1. The van der Waals surface area contributed by atoms with Crippen molar-refractivity contribution >= 4 is 28.5 Å². The third-order valence-corrected chi connectivity index (χ3v) is 5.05. The van der Waals surface area contributed by atoms with Gasteiger partial charge in [-0.3, -0.25) is 9.69 Å². The average molecular weight is 418 g/mol. The second-order valence-corrected chi connectivity index (χ2v) is 6.73. The number of halogens is 1. The van der Waals surface area contributed by atoms with Crippen molar-refractivity contribution in [2.24, 2.45) is 0 Å². The molecule has 2 rings (SSSR count). The number of aromatic hydroxyl groups is 1. The Hall–Kier alpha value is -1.02. The smallest absolute Gasteiger partial charge is 0.258 e. The molecule has 1 heterocycles. The second-order valence-electron chi connectivity index (χ2n) is 5.57. The van der Waals surface area contributed by atoms with E-state index < -0.39 is 0 Å². The summed E-state index contributed by atoms with van der Waals surface area (Å²) in [5.41, 5.74) is 1.07. The summed E-state index contributed by atoms with van der Waals surface area (Å²) in [7, 11) is 1.52. The summed E-state index contributed by atoms with van der Waals surface area (Å²) in [5, 5.41) is 13.2. The molecule has 1 atom stereocenters. The van der Waals surface area contributed by atoms with E-state index in [2.05, 4.69) is 17.1 Å². The van der Waals surface area contributed by atoms with Crippen molar-refractivity contribution in [3.63, 3.8) is 0 Å². The van der Waals surface area contributed by atoms with E-state index in [-0.39, 0.29) is 17.2 Å². The Morgan fingerprint density at radius 2 is 2.32 bits per heavy atom. The van der Waals surface area contributed by atoms with Crippen LogP contribution in [0.4, 0.5) is 0 Å². The SMILES string of the molecule is CCN1CCC[C@H]1CNC(=O)c1c(O)c(I)cc(C)c1OC. The van der Waals surface area contributed by atoms with Crippen LogP contribution in [0.5, 0.6) is 11.5 Å². The number of benzene rings is 1. The first-order valence-corrected chi connectivity index (χ1v) is 8.65. The molecule has 1 saturated heterocycles. The zero-order valence-corrected chi connectivity index (χ0v) is 15.4. The minimum atomic E-state index is -0.279. The van der Waals surface area contributed by atoms with Crippen LogP contribution in [0, 0.1) is 10.5 Å². The fourth-order valence-electron chi connectivity index (χ4n) is 3.06. The maximum absolute atomic E-state index is 12.5. The number of methoxy groups -OCH3 is 1. The molecule has 122 valence electrons. The monoisotopic (exact) mass is 418 g/mol. The zero-order chi connectivity index (χ0) is 16.3. The third kappa shape index (κ3) is 3.48. The Morgan fingerprint density at radius 3 is 2.95 bits per heavy atom. The van der Waals surface area contributed by atoms with Crippen LogP contribution in [0.2, 0.25) is 0 Å². The number of phenolic OH excluding ortho intramolecular Hbond substituents is 1. The molecular formula is C16H23IN2O3. The minimum absolute atomic E-state index is 0.0145. The van der Waals surface area contributed by atoms with Gasteiger partial charge in [-0.25, -0.2) is 0 Å². The first-order chi connectivity index (χ1) is 10.5. The van der Waals surface area contributed by atoms with Crippen molar-refractivity contribution in [3.05, 3.63) is 20.8 Å². The van der Waals surface area contributed by atoms with Crippen molar-refractivity contribution in [3.8, 4) is 11.5 Å². The van der Waals surface area contributed by atoms with E-state index in [0.717, 1.165) is 25.1 Å². The van der Waals surface area contributed by atoms with Crippen LogP contribution < -0.4 is 10.1 Å². The number of carbonyl (C=O) groups excluding carboxylic acids is 1. The highest BCUT2D eigenvalue weighted by Gasteiger charge is 2.26. The number of rotatable bonds is 5. The molecule has 0 unspecified atom stereocenters. The van der Waals surface area contributed by atoms with Crippen LogP contribution in [-0.2, 0) is 0 Å². The van der Waals surface area contributed by atoms with Crippen molar-refractivity contribution in [1.29, 1.82) is 0 Å². The normalized spacial score (nSPS) is 18.5. The Morgan fingerprint density at radius 1 is 1.59 bits per heavy atom. The third-order valence-electron chi connectivity index (χ3n) is 4.23. The lowest BCUT2D eigenvalue weighted by Gasteiger charge is -2.23. The number of carbonyl (C=O) groups is 1. The molecule has 6 heteroatoms. The van der Waals surface area contributed by atoms with Crippen LogP contribution in [-0.4, -0.2) is 48.7 Å². The highest BCUT2D eigenvalue weighted by atomic mass is 127. The van der Waals surface area contributed by atoms with Gasteiger partial charge in [-0.1, -0.05) is 6.92 Å². The van der Waals surface area contributed by atoms with Gasteiger partial charge >= 0.3 is 0 Å². The van der Waals surface area contributed by atoms with E-state index in [4.69, 9.17) is 4.74 Å². The predicted octanol–water partition coefficient (Wildman–Crippen LogP) is 2.53. The number of ether oxygens (including phenoxy) is 1. The molecule has 2 N–H and O–H groups in total. The molecule has 1 aromatic rings. The molecule has 0 spiro atoms. The summed E-state index contributed by atoms with van der Waals surface area (Å²) < 4.78 is 5.96. The Balaban J connectivity index is 2.16. The molecule has 1 aliphatic heterocycles. The quantitative estimate of drug-likeness (QED) is 0.722. The number of hydrogen-bond donors (Lipinski definition) is 2. The lowest BCUT2D eigenvalue weighted by atomic mass is 10.1. The standard InChI is InChI=1S/C16H23IN2O3/c1-4-19-7-5-6-11(19)9-18-16(21)13-14(20)12(17)8-10(2)15(13)22-3/h8,11,20H,4-7,9H2,1-3H3,(H,18,21)/t11-/m0/s1. The Kier molecular flexibility index (Phi) is 5.91. The largest absolute Gasteiger partial charge is 0.506 e. The van der Waals surface area contributed by atoms with Crippen LogP contribution in [0.25, 0.3) is 0 Å². The Labute approximate surface area is 145 Å². The number of likely N-dealkylation sites (N-methyl/N-ethyl adjacent to an activating group) is 1. The predicted molar refractivity (Wildman–Crippen MR) is 94.7 cm³/mol. The summed E-state index contributed by atoms with van der Waals surface area (Å²) in [6.07, 6.45) is 2.27. The molecule has 1 amide bonds. The molecule has 0 saturated carbocycles. The van der Waals surface area contributed by atoms with Gasteiger partial charge in [-0.05, 0) is 67.1 Å². The lowest BCUT2D eigenvalue weighted by molar-refractivity contribution is 0.0935. The van der Waals surface area contributed by atoms with Gasteiger partial charge in [0.1, 0.15) is 17.1 Å². The van der Waals surface area contributed by atoms with Gasteiger partial charge in [0.15, 0.2) is 0 Å². The molecule has 1 aromatic carbocycles. The number of likely N-dealkylation sites (tertiary alicyclic amines) is 1. The molecule has 0 aromatic heterocycles. The van der Waals surface area contributed by atoms with E-state index >= 15 is 0 Å². The Bertz CT molecular complexity index is 563. The number of amides is 1. The van der Waals surface area contributed by atoms with Gasteiger partial charge in [0.2, 0.25) is 0 Å². The summed E-state index contributed by atoms with van der Waals surface area (Å²) >= 11 is 2.02. The molecule has 22 heavy (non-hydrogen) atoms. The highest BCUT2D eigenvalue weighted by Crippen LogP contribution is 2.35. The lowest BCUT2D eigenvalue weighted by Crippen LogP contribution is -2.40. The van der Waals surface area contributed by atoms with E-state index in [1.54, 1.807) is 6.07 Å². The van der Waals surface area contributed by atoms with E-state index in [1.165, 1.54) is 13.5 Å². The molecule has 5 nitrogen and oxygen atoms in total. The summed E-state index contributed by atoms with van der Waals surface area (Å²) in [6.45, 7) is 6.69. The zero-order valence-electron chi connectivity index (χ0n) is 13.3. The van der Waals surface area contributed by atoms with Gasteiger partial charge in [0, 0.05) is 12.6 Å². The summed E-state index contributed by atoms with van der Waals surface area (Å²) in [4.78, 5) is 14.9. The fraction of sp³-hybridized carbons (Fsp3) is 0.562.